The molecule has 0 heterocycles. The minimum atomic E-state index is -4.25. The summed E-state index contributed by atoms with van der Waals surface area (Å²) in [6.07, 6.45) is 30.3. The molecular formula is C29H64NO4P. The number of rotatable bonds is 27. The SMILES string of the molecule is CCCCCCCCCCCCCOP(=O)(O)O.CCCCCCCCNCCCCCCCC. The van der Waals surface area contributed by atoms with Crippen molar-refractivity contribution in [2.75, 3.05) is 19.7 Å². The first-order chi connectivity index (χ1) is 17.0. The van der Waals surface area contributed by atoms with Crippen LogP contribution in [0.3, 0.4) is 0 Å². The molecular weight excluding hydrogens is 457 g/mol. The standard InChI is InChI=1S/C16H35N.C13H29O4P/c1-3-5-7-9-11-13-15-17-16-14-12-10-8-6-4-2;1-2-3-4-5-6-7-8-9-10-11-12-13-17-18(14,15)16/h17H,3-16H2,1-2H3;2-13H2,1H3,(H2,14,15,16). The molecule has 0 bridgehead atoms. The lowest BCUT2D eigenvalue weighted by Gasteiger charge is -2.05. The van der Waals surface area contributed by atoms with Crippen LogP contribution in [0.2, 0.25) is 0 Å². The molecule has 0 aliphatic heterocycles. The maximum atomic E-state index is 10.4. The molecule has 0 aromatic heterocycles. The monoisotopic (exact) mass is 521 g/mol. The zero-order valence-electron chi connectivity index (χ0n) is 24.0. The lowest BCUT2D eigenvalue weighted by Crippen LogP contribution is -2.16. The molecule has 0 rings (SSSR count). The lowest BCUT2D eigenvalue weighted by atomic mass is 10.1. The van der Waals surface area contributed by atoms with Gasteiger partial charge in [-0.25, -0.2) is 4.57 Å². The van der Waals surface area contributed by atoms with Crippen LogP contribution in [0.15, 0.2) is 0 Å². The third kappa shape index (κ3) is 41.5. The van der Waals surface area contributed by atoms with E-state index in [4.69, 9.17) is 9.79 Å². The Morgan fingerprint density at radius 1 is 0.486 bits per heavy atom. The second-order valence-electron chi connectivity index (χ2n) is 10.1. The van der Waals surface area contributed by atoms with Gasteiger partial charge >= 0.3 is 7.82 Å². The number of nitrogens with one attached hydrogen (secondary N) is 1. The summed E-state index contributed by atoms with van der Waals surface area (Å²) in [4.78, 5) is 16.9. The molecule has 0 aromatic carbocycles. The van der Waals surface area contributed by atoms with E-state index >= 15 is 0 Å². The number of hydrogen-bond acceptors (Lipinski definition) is 3. The van der Waals surface area contributed by atoms with Gasteiger partial charge in [0, 0.05) is 0 Å². The van der Waals surface area contributed by atoms with Crippen LogP contribution < -0.4 is 5.32 Å². The molecule has 35 heavy (non-hydrogen) atoms. The molecule has 0 amide bonds. The van der Waals surface area contributed by atoms with Gasteiger partial charge in [0.2, 0.25) is 0 Å². The summed E-state index contributed by atoms with van der Waals surface area (Å²) in [5, 5.41) is 3.57. The number of phosphoric acid groups is 1. The van der Waals surface area contributed by atoms with E-state index in [-0.39, 0.29) is 6.61 Å². The van der Waals surface area contributed by atoms with E-state index in [9.17, 15) is 4.57 Å². The summed E-state index contributed by atoms with van der Waals surface area (Å²) >= 11 is 0. The molecule has 0 aliphatic carbocycles. The smallest absolute Gasteiger partial charge is 0.317 e. The molecule has 5 nitrogen and oxygen atoms in total. The van der Waals surface area contributed by atoms with Crippen LogP contribution in [0.25, 0.3) is 0 Å². The molecule has 214 valence electrons. The van der Waals surface area contributed by atoms with Crippen LogP contribution in [0.1, 0.15) is 168 Å². The molecule has 0 saturated carbocycles. The van der Waals surface area contributed by atoms with Crippen molar-refractivity contribution < 1.29 is 18.9 Å². The Bertz CT molecular complexity index is 403. The van der Waals surface area contributed by atoms with Crippen LogP contribution >= 0.6 is 7.82 Å². The van der Waals surface area contributed by atoms with Crippen molar-refractivity contribution in [2.24, 2.45) is 0 Å². The van der Waals surface area contributed by atoms with Gasteiger partial charge in [0.1, 0.15) is 0 Å². The fraction of sp³-hybridized carbons (Fsp3) is 1.00. The molecule has 6 heteroatoms. The van der Waals surface area contributed by atoms with Gasteiger partial charge in [0.15, 0.2) is 0 Å². The predicted octanol–water partition coefficient (Wildman–Crippen LogP) is 9.70. The van der Waals surface area contributed by atoms with Crippen LogP contribution in [0.5, 0.6) is 0 Å². The van der Waals surface area contributed by atoms with E-state index in [1.807, 2.05) is 0 Å². The summed E-state index contributed by atoms with van der Waals surface area (Å²) in [6.45, 7) is 9.43. The molecule has 0 fully saturated rings. The third-order valence-corrected chi connectivity index (χ3v) is 6.94. The van der Waals surface area contributed by atoms with E-state index in [2.05, 4.69) is 30.6 Å². The molecule has 0 aliphatic rings. The second-order valence-corrected chi connectivity index (χ2v) is 11.4. The zero-order chi connectivity index (χ0) is 26.3. The first-order valence-corrected chi connectivity index (χ1v) is 16.9. The average Bonchev–Trinajstić information content (AvgIpc) is 2.82. The van der Waals surface area contributed by atoms with Crippen molar-refractivity contribution in [1.82, 2.24) is 5.32 Å². The fourth-order valence-corrected chi connectivity index (χ4v) is 4.50. The Morgan fingerprint density at radius 3 is 1.09 bits per heavy atom. The summed E-state index contributed by atoms with van der Waals surface area (Å²) in [5.74, 6) is 0. The maximum Gasteiger partial charge on any atom is 0.469 e. The molecule has 0 saturated heterocycles. The second kappa shape index (κ2) is 32.1. The largest absolute Gasteiger partial charge is 0.469 e. The third-order valence-electron chi connectivity index (χ3n) is 6.42. The Kier molecular flexibility index (Phi) is 34.1. The maximum absolute atomic E-state index is 10.4. The van der Waals surface area contributed by atoms with Gasteiger partial charge < -0.3 is 15.1 Å². The first-order valence-electron chi connectivity index (χ1n) is 15.4. The Balaban J connectivity index is 0. The van der Waals surface area contributed by atoms with Crippen LogP contribution in [0, 0.1) is 0 Å². The minimum absolute atomic E-state index is 0.168. The highest BCUT2D eigenvalue weighted by molar-refractivity contribution is 7.46. The Morgan fingerprint density at radius 2 is 0.771 bits per heavy atom. The van der Waals surface area contributed by atoms with Crippen LogP contribution in [0.4, 0.5) is 0 Å². The normalized spacial score (nSPS) is 11.5. The summed E-state index contributed by atoms with van der Waals surface area (Å²) in [5.41, 5.74) is 0. The predicted molar refractivity (Wildman–Crippen MR) is 154 cm³/mol. The van der Waals surface area contributed by atoms with Crippen molar-refractivity contribution in [2.45, 2.75) is 168 Å². The van der Waals surface area contributed by atoms with Crippen molar-refractivity contribution in [3.63, 3.8) is 0 Å². The van der Waals surface area contributed by atoms with Crippen LogP contribution in [-0.4, -0.2) is 29.5 Å². The molecule has 0 atom stereocenters. The minimum Gasteiger partial charge on any atom is -0.317 e. The summed E-state index contributed by atoms with van der Waals surface area (Å²) < 4.78 is 14.8. The molecule has 0 unspecified atom stereocenters. The van der Waals surface area contributed by atoms with E-state index in [0.717, 1.165) is 19.3 Å². The number of unbranched alkanes of at least 4 members (excludes halogenated alkanes) is 20. The van der Waals surface area contributed by atoms with E-state index < -0.39 is 7.82 Å². The Hall–Kier alpha value is 0.0700. The van der Waals surface area contributed by atoms with E-state index in [1.165, 1.54) is 142 Å². The average molecular weight is 522 g/mol. The molecule has 0 spiro atoms. The van der Waals surface area contributed by atoms with Crippen molar-refractivity contribution >= 4 is 7.82 Å². The van der Waals surface area contributed by atoms with Crippen molar-refractivity contribution in [1.29, 1.82) is 0 Å². The van der Waals surface area contributed by atoms with Crippen LogP contribution in [-0.2, 0) is 9.09 Å². The highest BCUT2D eigenvalue weighted by atomic mass is 31.2. The first kappa shape index (κ1) is 37.2. The summed E-state index contributed by atoms with van der Waals surface area (Å²) in [6, 6.07) is 0. The highest BCUT2D eigenvalue weighted by Crippen LogP contribution is 2.35. The molecule has 0 radical (unpaired) electrons. The van der Waals surface area contributed by atoms with Gasteiger partial charge in [0.05, 0.1) is 6.61 Å². The Labute approximate surface area is 220 Å². The fourth-order valence-electron chi connectivity index (χ4n) is 4.14. The van der Waals surface area contributed by atoms with Gasteiger partial charge in [-0.15, -0.1) is 0 Å². The van der Waals surface area contributed by atoms with Gasteiger partial charge in [-0.05, 0) is 32.4 Å². The van der Waals surface area contributed by atoms with E-state index in [0.29, 0.717) is 0 Å². The number of hydrogen-bond donors (Lipinski definition) is 3. The summed E-state index contributed by atoms with van der Waals surface area (Å²) in [7, 11) is -4.25. The topological polar surface area (TPSA) is 78.8 Å². The van der Waals surface area contributed by atoms with Gasteiger partial charge in [0.25, 0.3) is 0 Å². The van der Waals surface area contributed by atoms with Gasteiger partial charge in [-0.1, -0.05) is 149 Å². The van der Waals surface area contributed by atoms with Crippen molar-refractivity contribution in [3.05, 3.63) is 0 Å². The van der Waals surface area contributed by atoms with Gasteiger partial charge in [-0.2, -0.15) is 0 Å². The number of phosphoric ester groups is 1. The van der Waals surface area contributed by atoms with E-state index in [1.54, 1.807) is 0 Å². The molecule has 0 aromatic rings. The van der Waals surface area contributed by atoms with Gasteiger partial charge in [-0.3, -0.25) is 4.52 Å². The highest BCUT2D eigenvalue weighted by Gasteiger charge is 2.12. The van der Waals surface area contributed by atoms with Crippen molar-refractivity contribution in [3.8, 4) is 0 Å². The zero-order valence-corrected chi connectivity index (χ0v) is 24.9. The molecule has 3 N–H and O–H groups in total. The lowest BCUT2D eigenvalue weighted by molar-refractivity contribution is 0.193. The quantitative estimate of drug-likeness (QED) is 0.0740.